The van der Waals surface area contributed by atoms with E-state index in [1.165, 1.54) is 16.7 Å². The van der Waals surface area contributed by atoms with Crippen molar-refractivity contribution in [2.75, 3.05) is 25.2 Å². The van der Waals surface area contributed by atoms with Crippen molar-refractivity contribution >= 4 is 52.5 Å². The molecular weight excluding hydrogens is 379 g/mol. The van der Waals surface area contributed by atoms with Gasteiger partial charge in [-0.25, -0.2) is 0 Å². The molecule has 0 saturated carbocycles. The highest BCUT2D eigenvalue weighted by Crippen LogP contribution is 2.24. The summed E-state index contributed by atoms with van der Waals surface area (Å²) in [7, 11) is 3.34. The molecule has 1 N–H and O–H groups in total. The molecule has 2 amide bonds. The smallest absolute Gasteiger partial charge is 0.253 e. The predicted octanol–water partition coefficient (Wildman–Crippen LogP) is 4.57. The van der Waals surface area contributed by atoms with Crippen molar-refractivity contribution in [1.29, 1.82) is 0 Å². The number of carbonyl (C=O) groups is 2. The summed E-state index contributed by atoms with van der Waals surface area (Å²) in [4.78, 5) is 25.6. The summed E-state index contributed by atoms with van der Waals surface area (Å²) in [5.74, 6) is 0.669. The highest BCUT2D eigenvalue weighted by Gasteiger charge is 2.12. The molecule has 0 unspecified atom stereocenters. The summed E-state index contributed by atoms with van der Waals surface area (Å²) in [6.07, 6.45) is 0. The normalized spacial score (nSPS) is 10.4. The minimum atomic E-state index is -0.171. The Morgan fingerprint density at radius 3 is 2.40 bits per heavy atom. The first-order valence-corrected chi connectivity index (χ1v) is 9.41. The Kier molecular flexibility index (Phi) is 7.17. The molecule has 7 heteroatoms. The number of hydrogen-bond acceptors (Lipinski definition) is 3. The van der Waals surface area contributed by atoms with Crippen LogP contribution in [0.15, 0.2) is 42.5 Å². The van der Waals surface area contributed by atoms with Crippen molar-refractivity contribution < 1.29 is 9.59 Å². The van der Waals surface area contributed by atoms with E-state index in [4.69, 9.17) is 23.2 Å². The van der Waals surface area contributed by atoms with Crippen LogP contribution in [0.2, 0.25) is 10.0 Å². The van der Waals surface area contributed by atoms with Gasteiger partial charge in [0.05, 0.1) is 16.5 Å². The molecule has 0 radical (unpaired) electrons. The van der Waals surface area contributed by atoms with Crippen LogP contribution in [0.3, 0.4) is 0 Å². The SMILES string of the molecule is CN(C)C(=O)c1ccc(Cl)c(NC(=O)CSCc2ccc(Cl)cc2)c1. The van der Waals surface area contributed by atoms with Gasteiger partial charge in [-0.1, -0.05) is 35.3 Å². The minimum absolute atomic E-state index is 0.149. The lowest BCUT2D eigenvalue weighted by Crippen LogP contribution is -2.22. The zero-order chi connectivity index (χ0) is 18.4. The van der Waals surface area contributed by atoms with E-state index >= 15 is 0 Å². The summed E-state index contributed by atoms with van der Waals surface area (Å²) in [5, 5.41) is 3.84. The third-order valence-electron chi connectivity index (χ3n) is 3.31. The summed E-state index contributed by atoms with van der Waals surface area (Å²) in [6.45, 7) is 0. The second kappa shape index (κ2) is 9.13. The molecule has 2 rings (SSSR count). The van der Waals surface area contributed by atoms with Crippen molar-refractivity contribution in [2.24, 2.45) is 0 Å². The Morgan fingerprint density at radius 1 is 1.08 bits per heavy atom. The number of nitrogens with zero attached hydrogens (tertiary/aromatic N) is 1. The number of nitrogens with one attached hydrogen (secondary N) is 1. The van der Waals surface area contributed by atoms with Gasteiger partial charge >= 0.3 is 0 Å². The second-order valence-corrected chi connectivity index (χ2v) is 7.39. The van der Waals surface area contributed by atoms with E-state index in [0.29, 0.717) is 27.0 Å². The van der Waals surface area contributed by atoms with Crippen LogP contribution >= 0.6 is 35.0 Å². The molecule has 2 aromatic carbocycles. The Bertz CT molecular complexity index is 764. The number of anilines is 1. The van der Waals surface area contributed by atoms with Crippen LogP contribution < -0.4 is 5.32 Å². The monoisotopic (exact) mass is 396 g/mol. The van der Waals surface area contributed by atoms with Crippen LogP contribution in [-0.4, -0.2) is 36.6 Å². The first kappa shape index (κ1) is 19.6. The van der Waals surface area contributed by atoms with E-state index in [9.17, 15) is 9.59 Å². The maximum atomic E-state index is 12.1. The molecule has 4 nitrogen and oxygen atoms in total. The summed E-state index contributed by atoms with van der Waals surface area (Å²) in [6, 6.07) is 12.3. The van der Waals surface area contributed by atoms with Gasteiger partial charge in [-0.15, -0.1) is 11.8 Å². The zero-order valence-electron chi connectivity index (χ0n) is 13.9. The summed E-state index contributed by atoms with van der Waals surface area (Å²) < 4.78 is 0. The van der Waals surface area contributed by atoms with Gasteiger partial charge in [-0.05, 0) is 35.9 Å². The van der Waals surface area contributed by atoms with E-state index in [2.05, 4.69) is 5.32 Å². The third kappa shape index (κ3) is 5.96. The molecule has 0 saturated heterocycles. The lowest BCUT2D eigenvalue weighted by atomic mass is 10.2. The number of hydrogen-bond donors (Lipinski definition) is 1. The Labute approximate surface area is 161 Å². The van der Waals surface area contributed by atoms with Gasteiger partial charge in [0, 0.05) is 30.4 Å². The number of halogens is 2. The van der Waals surface area contributed by atoms with Crippen LogP contribution in [-0.2, 0) is 10.5 Å². The first-order chi connectivity index (χ1) is 11.9. The predicted molar refractivity (Wildman–Crippen MR) is 106 cm³/mol. The molecule has 0 fully saturated rings. The molecular formula is C18H18Cl2N2O2S. The van der Waals surface area contributed by atoms with Gasteiger partial charge in [-0.2, -0.15) is 0 Å². The van der Waals surface area contributed by atoms with E-state index in [1.807, 2.05) is 24.3 Å². The van der Waals surface area contributed by atoms with Crippen molar-refractivity contribution in [3.8, 4) is 0 Å². The molecule has 0 aromatic heterocycles. The summed E-state index contributed by atoms with van der Waals surface area (Å²) in [5.41, 5.74) is 2.00. The average Bonchev–Trinajstić information content (AvgIpc) is 2.58. The first-order valence-electron chi connectivity index (χ1n) is 7.50. The van der Waals surface area contributed by atoms with E-state index in [1.54, 1.807) is 32.3 Å². The lowest BCUT2D eigenvalue weighted by Gasteiger charge is -2.13. The molecule has 0 heterocycles. The molecule has 0 spiro atoms. The zero-order valence-corrected chi connectivity index (χ0v) is 16.2. The number of amides is 2. The molecule has 0 aliphatic rings. The van der Waals surface area contributed by atoms with Gasteiger partial charge in [-0.3, -0.25) is 9.59 Å². The molecule has 0 aliphatic heterocycles. The van der Waals surface area contributed by atoms with Crippen LogP contribution in [0, 0.1) is 0 Å². The van der Waals surface area contributed by atoms with Crippen LogP contribution in [0.4, 0.5) is 5.69 Å². The number of thioether (sulfide) groups is 1. The molecule has 0 bridgehead atoms. The fourth-order valence-corrected chi connectivity index (χ4v) is 3.12. The maximum absolute atomic E-state index is 12.1. The largest absolute Gasteiger partial charge is 0.345 e. The highest BCUT2D eigenvalue weighted by atomic mass is 35.5. The van der Waals surface area contributed by atoms with Crippen LogP contribution in [0.5, 0.6) is 0 Å². The molecule has 0 aliphatic carbocycles. The highest BCUT2D eigenvalue weighted by molar-refractivity contribution is 7.99. The molecule has 25 heavy (non-hydrogen) atoms. The summed E-state index contributed by atoms with van der Waals surface area (Å²) >= 11 is 13.4. The van der Waals surface area contributed by atoms with Crippen molar-refractivity contribution in [2.45, 2.75) is 5.75 Å². The minimum Gasteiger partial charge on any atom is -0.345 e. The quantitative estimate of drug-likeness (QED) is 0.777. The number of rotatable bonds is 6. The van der Waals surface area contributed by atoms with Gasteiger partial charge in [0.25, 0.3) is 5.91 Å². The number of carbonyl (C=O) groups excluding carboxylic acids is 2. The fraction of sp³-hybridized carbons (Fsp3) is 0.222. The van der Waals surface area contributed by atoms with Crippen molar-refractivity contribution in [3.05, 3.63) is 63.6 Å². The average molecular weight is 397 g/mol. The van der Waals surface area contributed by atoms with Crippen LogP contribution in [0.25, 0.3) is 0 Å². The van der Waals surface area contributed by atoms with Gasteiger partial charge in [0.1, 0.15) is 0 Å². The van der Waals surface area contributed by atoms with Crippen molar-refractivity contribution in [3.63, 3.8) is 0 Å². The van der Waals surface area contributed by atoms with E-state index in [-0.39, 0.29) is 17.6 Å². The second-order valence-electron chi connectivity index (χ2n) is 5.56. The van der Waals surface area contributed by atoms with Gasteiger partial charge < -0.3 is 10.2 Å². The van der Waals surface area contributed by atoms with Gasteiger partial charge in [0.2, 0.25) is 5.91 Å². The van der Waals surface area contributed by atoms with E-state index < -0.39 is 0 Å². The Balaban J connectivity index is 1.92. The topological polar surface area (TPSA) is 49.4 Å². The fourth-order valence-electron chi connectivity index (χ4n) is 2.04. The third-order valence-corrected chi connectivity index (χ3v) is 4.89. The Hall–Kier alpha value is -1.69. The number of benzene rings is 2. The van der Waals surface area contributed by atoms with E-state index in [0.717, 1.165) is 5.56 Å². The molecule has 0 atom stereocenters. The Morgan fingerprint density at radius 2 is 1.76 bits per heavy atom. The van der Waals surface area contributed by atoms with Gasteiger partial charge in [0.15, 0.2) is 0 Å². The molecule has 2 aromatic rings. The van der Waals surface area contributed by atoms with Crippen molar-refractivity contribution in [1.82, 2.24) is 4.90 Å². The standard InChI is InChI=1S/C18H18Cl2N2O2S/c1-22(2)18(24)13-5-8-15(20)16(9-13)21-17(23)11-25-10-12-3-6-14(19)7-4-12/h3-9H,10-11H2,1-2H3,(H,21,23). The maximum Gasteiger partial charge on any atom is 0.253 e. The molecule has 132 valence electrons. The van der Waals surface area contributed by atoms with Crippen LogP contribution in [0.1, 0.15) is 15.9 Å². The lowest BCUT2D eigenvalue weighted by molar-refractivity contribution is -0.113.